The Morgan fingerprint density at radius 3 is 2.60 bits per heavy atom. The number of hydrogen-bond donors (Lipinski definition) is 1. The van der Waals surface area contributed by atoms with E-state index in [0.717, 1.165) is 12.8 Å². The van der Waals surface area contributed by atoms with E-state index in [-0.39, 0.29) is 11.5 Å². The van der Waals surface area contributed by atoms with Crippen molar-refractivity contribution < 1.29 is 4.39 Å². The first-order chi connectivity index (χ1) is 4.61. The highest BCUT2D eigenvalue weighted by Crippen LogP contribution is 2.51. The fourth-order valence-electron chi connectivity index (χ4n) is 1.35. The second-order valence-corrected chi connectivity index (χ2v) is 3.57. The third-order valence-corrected chi connectivity index (χ3v) is 2.62. The van der Waals surface area contributed by atoms with Crippen molar-refractivity contribution in [1.82, 2.24) is 0 Å². The van der Waals surface area contributed by atoms with Crippen LogP contribution < -0.4 is 5.73 Å². The van der Waals surface area contributed by atoms with Crippen molar-refractivity contribution in [2.75, 3.05) is 0 Å². The molecule has 3 unspecified atom stereocenters. The largest absolute Gasteiger partial charge is 0.327 e. The Labute approximate surface area is 61.8 Å². The molecule has 10 heavy (non-hydrogen) atoms. The monoisotopic (exact) mass is 145 g/mol. The van der Waals surface area contributed by atoms with Crippen LogP contribution in [-0.2, 0) is 0 Å². The minimum Gasteiger partial charge on any atom is -0.327 e. The van der Waals surface area contributed by atoms with Crippen molar-refractivity contribution in [1.29, 1.82) is 0 Å². The van der Waals surface area contributed by atoms with E-state index in [9.17, 15) is 4.39 Å². The third kappa shape index (κ3) is 1.17. The van der Waals surface area contributed by atoms with Gasteiger partial charge in [0, 0.05) is 11.5 Å². The number of hydrogen-bond acceptors (Lipinski definition) is 1. The van der Waals surface area contributed by atoms with Crippen LogP contribution >= 0.6 is 0 Å². The fourth-order valence-corrected chi connectivity index (χ4v) is 1.35. The number of nitrogens with two attached hydrogens (primary N) is 1. The predicted molar refractivity (Wildman–Crippen MR) is 40.5 cm³/mol. The highest BCUT2D eigenvalue weighted by molar-refractivity contribution is 5.05. The topological polar surface area (TPSA) is 26.0 Å². The molecule has 0 aromatic carbocycles. The molecule has 2 N–H and O–H groups in total. The minimum absolute atomic E-state index is 0.0764. The normalized spacial score (nSPS) is 41.4. The standard InChI is InChI=1S/C8H16FN/c1-3-4-7(10)8(2)5-6(8)9/h6-7H,3-5,10H2,1-2H3. The first kappa shape index (κ1) is 7.99. The zero-order valence-electron chi connectivity index (χ0n) is 6.73. The van der Waals surface area contributed by atoms with Gasteiger partial charge in [-0.3, -0.25) is 0 Å². The van der Waals surface area contributed by atoms with Crippen LogP contribution in [0, 0.1) is 5.41 Å². The highest BCUT2D eigenvalue weighted by atomic mass is 19.1. The van der Waals surface area contributed by atoms with Gasteiger partial charge in [-0.05, 0) is 12.8 Å². The Morgan fingerprint density at radius 2 is 2.30 bits per heavy atom. The Balaban J connectivity index is 2.34. The summed E-state index contributed by atoms with van der Waals surface area (Å²) in [5.41, 5.74) is 5.60. The van der Waals surface area contributed by atoms with Crippen LogP contribution in [0.15, 0.2) is 0 Å². The molecule has 0 aromatic heterocycles. The van der Waals surface area contributed by atoms with E-state index in [2.05, 4.69) is 6.92 Å². The maximum Gasteiger partial charge on any atom is 0.108 e. The molecule has 3 atom stereocenters. The van der Waals surface area contributed by atoms with Gasteiger partial charge in [0.2, 0.25) is 0 Å². The molecule has 0 spiro atoms. The summed E-state index contributed by atoms with van der Waals surface area (Å²) in [4.78, 5) is 0. The lowest BCUT2D eigenvalue weighted by molar-refractivity contribution is 0.316. The summed E-state index contributed by atoms with van der Waals surface area (Å²) < 4.78 is 12.7. The van der Waals surface area contributed by atoms with Crippen LogP contribution in [0.25, 0.3) is 0 Å². The van der Waals surface area contributed by atoms with Crippen molar-refractivity contribution in [2.24, 2.45) is 11.1 Å². The quantitative estimate of drug-likeness (QED) is 0.644. The second-order valence-electron chi connectivity index (χ2n) is 3.57. The third-order valence-electron chi connectivity index (χ3n) is 2.62. The molecule has 0 saturated heterocycles. The van der Waals surface area contributed by atoms with Crippen LogP contribution in [-0.4, -0.2) is 12.2 Å². The lowest BCUT2D eigenvalue weighted by Gasteiger charge is -2.17. The first-order valence-corrected chi connectivity index (χ1v) is 4.01. The number of alkyl halides is 1. The minimum atomic E-state index is -0.631. The van der Waals surface area contributed by atoms with Gasteiger partial charge in [-0.1, -0.05) is 20.3 Å². The summed E-state index contributed by atoms with van der Waals surface area (Å²) >= 11 is 0. The summed E-state index contributed by atoms with van der Waals surface area (Å²) in [6.45, 7) is 4.02. The summed E-state index contributed by atoms with van der Waals surface area (Å²) in [6, 6.07) is 0.0764. The molecule has 60 valence electrons. The second kappa shape index (κ2) is 2.50. The molecular formula is C8H16FN. The average Bonchev–Trinajstić information content (AvgIpc) is 2.43. The molecule has 0 radical (unpaired) electrons. The molecule has 1 saturated carbocycles. The van der Waals surface area contributed by atoms with Gasteiger partial charge in [-0.15, -0.1) is 0 Å². The molecule has 0 aliphatic heterocycles. The molecule has 0 bridgehead atoms. The molecule has 1 aliphatic rings. The van der Waals surface area contributed by atoms with Crippen LogP contribution in [0.1, 0.15) is 33.1 Å². The zero-order chi connectivity index (χ0) is 7.78. The van der Waals surface area contributed by atoms with Gasteiger partial charge >= 0.3 is 0 Å². The van der Waals surface area contributed by atoms with Crippen molar-refractivity contribution >= 4 is 0 Å². The number of rotatable bonds is 3. The van der Waals surface area contributed by atoms with Gasteiger partial charge in [0.15, 0.2) is 0 Å². The lowest BCUT2D eigenvalue weighted by atomic mass is 9.96. The van der Waals surface area contributed by atoms with Crippen LogP contribution in [0.4, 0.5) is 4.39 Å². The summed E-state index contributed by atoms with van der Waals surface area (Å²) in [6.07, 6.45) is 2.06. The SMILES string of the molecule is CCCC(N)C1(C)CC1F. The van der Waals surface area contributed by atoms with Gasteiger partial charge in [-0.25, -0.2) is 4.39 Å². The molecular weight excluding hydrogens is 129 g/mol. The molecule has 1 nitrogen and oxygen atoms in total. The van der Waals surface area contributed by atoms with Crippen LogP contribution in [0.2, 0.25) is 0 Å². The number of halogens is 1. The van der Waals surface area contributed by atoms with E-state index in [1.807, 2.05) is 6.92 Å². The van der Waals surface area contributed by atoms with E-state index < -0.39 is 6.17 Å². The Morgan fingerprint density at radius 1 is 1.80 bits per heavy atom. The predicted octanol–water partition coefficient (Wildman–Crippen LogP) is 1.86. The lowest BCUT2D eigenvalue weighted by Crippen LogP contribution is -2.31. The average molecular weight is 145 g/mol. The Hall–Kier alpha value is -0.110. The molecule has 2 heteroatoms. The fraction of sp³-hybridized carbons (Fsp3) is 1.00. The Bertz CT molecular complexity index is 126. The van der Waals surface area contributed by atoms with Crippen molar-refractivity contribution in [3.05, 3.63) is 0 Å². The van der Waals surface area contributed by atoms with E-state index in [1.54, 1.807) is 0 Å². The zero-order valence-corrected chi connectivity index (χ0v) is 6.73. The van der Waals surface area contributed by atoms with Gasteiger partial charge in [-0.2, -0.15) is 0 Å². The maximum absolute atomic E-state index is 12.7. The van der Waals surface area contributed by atoms with E-state index >= 15 is 0 Å². The molecule has 1 aliphatic carbocycles. The summed E-state index contributed by atoms with van der Waals surface area (Å²) in [5.74, 6) is 0. The van der Waals surface area contributed by atoms with E-state index in [1.165, 1.54) is 0 Å². The highest BCUT2D eigenvalue weighted by Gasteiger charge is 2.54. The summed E-state index contributed by atoms with van der Waals surface area (Å²) in [5, 5.41) is 0. The van der Waals surface area contributed by atoms with E-state index in [4.69, 9.17) is 5.73 Å². The molecule has 0 heterocycles. The molecule has 1 fully saturated rings. The summed E-state index contributed by atoms with van der Waals surface area (Å²) in [7, 11) is 0. The molecule has 1 rings (SSSR count). The smallest absolute Gasteiger partial charge is 0.108 e. The van der Waals surface area contributed by atoms with Gasteiger partial charge in [0.1, 0.15) is 6.17 Å². The molecule has 0 amide bonds. The maximum atomic E-state index is 12.7. The van der Waals surface area contributed by atoms with Gasteiger partial charge < -0.3 is 5.73 Å². The Kier molecular flexibility index (Phi) is 1.99. The van der Waals surface area contributed by atoms with Crippen molar-refractivity contribution in [3.63, 3.8) is 0 Å². The first-order valence-electron chi connectivity index (χ1n) is 4.01. The van der Waals surface area contributed by atoms with Crippen LogP contribution in [0.3, 0.4) is 0 Å². The van der Waals surface area contributed by atoms with E-state index in [0.29, 0.717) is 6.42 Å². The van der Waals surface area contributed by atoms with Crippen LogP contribution in [0.5, 0.6) is 0 Å². The van der Waals surface area contributed by atoms with Gasteiger partial charge in [0.05, 0.1) is 0 Å². The van der Waals surface area contributed by atoms with Gasteiger partial charge in [0.25, 0.3) is 0 Å². The molecule has 0 aromatic rings. The van der Waals surface area contributed by atoms with Crippen molar-refractivity contribution in [3.8, 4) is 0 Å². The van der Waals surface area contributed by atoms with Crippen molar-refractivity contribution in [2.45, 2.75) is 45.3 Å².